The van der Waals surface area contributed by atoms with E-state index in [0.717, 1.165) is 37.0 Å². The Balaban J connectivity index is 1.62. The van der Waals surface area contributed by atoms with Crippen LogP contribution < -0.4 is 0 Å². The normalized spacial score (nSPS) is 25.7. The number of benzene rings is 2. The predicted octanol–water partition coefficient (Wildman–Crippen LogP) is 9.71. The third-order valence-electron chi connectivity index (χ3n) is 10.5. The van der Waals surface area contributed by atoms with Crippen LogP contribution in [0.4, 0.5) is 0 Å². The maximum absolute atomic E-state index is 14.1. The maximum Gasteiger partial charge on any atom is 0.338 e. The molecule has 2 aromatic rings. The highest BCUT2D eigenvalue weighted by atomic mass is 32.2. The molecule has 2 aromatic carbocycles. The molecule has 2 aliphatic carbocycles. The van der Waals surface area contributed by atoms with Crippen molar-refractivity contribution >= 4 is 25.1 Å². The summed E-state index contributed by atoms with van der Waals surface area (Å²) >= 11 is 0. The molecule has 6 heteroatoms. The highest BCUT2D eigenvalue weighted by molar-refractivity contribution is 7.89. The Morgan fingerprint density at radius 2 is 1.60 bits per heavy atom. The number of ether oxygens (including phenoxy) is 1. The smallest absolute Gasteiger partial charge is 0.338 e. The summed E-state index contributed by atoms with van der Waals surface area (Å²) in [4.78, 5) is 14.4. The van der Waals surface area contributed by atoms with Gasteiger partial charge < -0.3 is 9.16 Å². The number of fused-ring (bicyclic) bond motifs is 1. The van der Waals surface area contributed by atoms with Gasteiger partial charge in [-0.15, -0.1) is 5.73 Å². The molecule has 0 amide bonds. The van der Waals surface area contributed by atoms with Crippen molar-refractivity contribution in [2.24, 2.45) is 23.2 Å². The van der Waals surface area contributed by atoms with Crippen LogP contribution in [0.1, 0.15) is 90.9 Å². The van der Waals surface area contributed by atoms with Gasteiger partial charge in [0.1, 0.15) is 6.10 Å². The van der Waals surface area contributed by atoms with Gasteiger partial charge in [-0.2, -0.15) is 0 Å². The summed E-state index contributed by atoms with van der Waals surface area (Å²) in [7, 11) is -3.57. The van der Waals surface area contributed by atoms with Gasteiger partial charge in [-0.1, -0.05) is 71.0 Å². The van der Waals surface area contributed by atoms with Gasteiger partial charge in [0.15, 0.2) is 8.32 Å². The quantitative estimate of drug-likeness (QED) is 0.159. The molecule has 0 aliphatic heterocycles. The Morgan fingerprint density at radius 1 is 1.00 bits per heavy atom. The first-order valence-corrected chi connectivity index (χ1v) is 20.0. The second kappa shape index (κ2) is 13.0. The first-order chi connectivity index (χ1) is 20.1. The number of carbonyl (C=O) groups excluding carboxylic acids is 1. The molecule has 2 fully saturated rings. The van der Waals surface area contributed by atoms with Crippen LogP contribution in [-0.2, 0) is 20.0 Å². The molecule has 6 atom stereocenters. The van der Waals surface area contributed by atoms with Crippen molar-refractivity contribution in [2.45, 2.75) is 115 Å². The van der Waals surface area contributed by atoms with Crippen LogP contribution >= 0.6 is 0 Å². The molecule has 0 heterocycles. The molecule has 43 heavy (non-hydrogen) atoms. The second-order valence-corrected chi connectivity index (χ2v) is 21.1. The number of hydrogen-bond donors (Lipinski definition) is 0. The minimum atomic E-state index is -2.16. The summed E-state index contributed by atoms with van der Waals surface area (Å²) in [6.07, 6.45) is 7.35. The zero-order valence-electron chi connectivity index (χ0n) is 27.7. The summed E-state index contributed by atoms with van der Waals surface area (Å²) in [5, 5.41) is 0.0234. The second-order valence-electron chi connectivity index (χ2n) is 15.0. The van der Waals surface area contributed by atoms with Crippen molar-refractivity contribution in [1.29, 1.82) is 0 Å². The molecular weight excluding hydrogens is 569 g/mol. The molecule has 2 aliphatic rings. The van der Waals surface area contributed by atoms with Crippen molar-refractivity contribution < 1.29 is 18.2 Å². The van der Waals surface area contributed by atoms with Crippen molar-refractivity contribution in [3.63, 3.8) is 0 Å². The van der Waals surface area contributed by atoms with Crippen molar-refractivity contribution in [3.8, 4) is 0 Å². The van der Waals surface area contributed by atoms with E-state index in [0.29, 0.717) is 22.3 Å². The summed E-state index contributed by atoms with van der Waals surface area (Å²) in [6.45, 7) is 20.0. The average molecular weight is 621 g/mol. The fourth-order valence-corrected chi connectivity index (χ4v) is 10.3. The average Bonchev–Trinajstić information content (AvgIpc) is 3.30. The lowest BCUT2D eigenvalue weighted by Gasteiger charge is -2.45. The third-order valence-corrected chi connectivity index (χ3v) is 16.8. The minimum absolute atomic E-state index is 0.0234. The Hall–Kier alpha value is -2.24. The molecule has 1 unspecified atom stereocenters. The molecule has 2 saturated carbocycles. The fraction of sp³-hybridized carbons (Fsp3) is 0.568. The van der Waals surface area contributed by atoms with Gasteiger partial charge >= 0.3 is 5.97 Å². The molecule has 0 N–H and O–H groups in total. The van der Waals surface area contributed by atoms with Gasteiger partial charge in [0.2, 0.25) is 0 Å². The molecule has 0 spiro atoms. The lowest BCUT2D eigenvalue weighted by molar-refractivity contribution is -0.0444. The third kappa shape index (κ3) is 7.36. The van der Waals surface area contributed by atoms with Crippen LogP contribution in [0.15, 0.2) is 82.3 Å². The first kappa shape index (κ1) is 33.6. The molecule has 0 bridgehead atoms. The number of rotatable bonds is 9. The van der Waals surface area contributed by atoms with Crippen LogP contribution in [0.2, 0.25) is 18.1 Å². The van der Waals surface area contributed by atoms with E-state index < -0.39 is 24.7 Å². The van der Waals surface area contributed by atoms with E-state index in [9.17, 15) is 9.00 Å². The van der Waals surface area contributed by atoms with Crippen molar-refractivity contribution in [3.05, 3.63) is 82.9 Å². The van der Waals surface area contributed by atoms with E-state index in [1.54, 1.807) is 0 Å². The number of esters is 1. The number of carbonyl (C=O) groups is 1. The maximum atomic E-state index is 14.1. The van der Waals surface area contributed by atoms with Crippen LogP contribution in [0, 0.1) is 23.2 Å². The molecule has 0 saturated heterocycles. The summed E-state index contributed by atoms with van der Waals surface area (Å²) in [5.74, 6) is 0.783. The molecular formula is C37H52O4SSi. The van der Waals surface area contributed by atoms with E-state index >= 15 is 0 Å². The standard InChI is InChI=1S/C37H52O4SSi/c1-27(30-23-24-31-32(21-16-26-37(30,31)7)40-34(38)28-17-12-10-13-18-28)22-25-33(42(39)29-19-14-11-15-20-29)36(5,6)41-43(8,9)35(2,3)4/h10-15,17-20,22,27,30-32H,16,21,23-24,26H2,1-9H3/t25?,27-,30-,31+,32+,37-,42?/m1/s1. The Labute approximate surface area is 263 Å². The number of hydrogen-bond acceptors (Lipinski definition) is 4. The molecule has 0 radical (unpaired) electrons. The van der Waals surface area contributed by atoms with Gasteiger partial charge in [-0.3, -0.25) is 0 Å². The highest BCUT2D eigenvalue weighted by Crippen LogP contribution is 2.58. The summed E-state index contributed by atoms with van der Waals surface area (Å²) in [6, 6.07) is 19.0. The SMILES string of the molecule is C[C@H](C=C=C(S(=O)c1ccccc1)C(C)(C)O[Si](C)(C)C(C)(C)C)[C@H]1CC[C@H]2[C@@H](OC(=O)c3ccccc3)CCC[C@]12C. The molecule has 4 nitrogen and oxygen atoms in total. The van der Waals surface area contributed by atoms with Crippen molar-refractivity contribution in [1.82, 2.24) is 0 Å². The summed E-state index contributed by atoms with van der Waals surface area (Å²) in [5.41, 5.74) is 3.53. The topological polar surface area (TPSA) is 52.6 Å². The predicted molar refractivity (Wildman–Crippen MR) is 180 cm³/mol. The van der Waals surface area contributed by atoms with Crippen LogP contribution in [0.3, 0.4) is 0 Å². The Kier molecular flexibility index (Phi) is 10.2. The van der Waals surface area contributed by atoms with Gasteiger partial charge in [-0.05, 0) is 112 Å². The lowest BCUT2D eigenvalue weighted by Crippen LogP contribution is -2.48. The van der Waals surface area contributed by atoms with E-state index in [2.05, 4.69) is 73.4 Å². The van der Waals surface area contributed by atoms with Crippen LogP contribution in [-0.4, -0.2) is 30.2 Å². The molecule has 234 valence electrons. The fourth-order valence-electron chi connectivity index (χ4n) is 7.22. The van der Waals surface area contributed by atoms with Gasteiger partial charge in [0.05, 0.1) is 26.9 Å². The van der Waals surface area contributed by atoms with Crippen LogP contribution in [0.5, 0.6) is 0 Å². The minimum Gasteiger partial charge on any atom is -0.458 e. The lowest BCUT2D eigenvalue weighted by atomic mass is 9.62. The zero-order valence-corrected chi connectivity index (χ0v) is 29.6. The summed E-state index contributed by atoms with van der Waals surface area (Å²) < 4.78 is 27.2. The molecule has 0 aromatic heterocycles. The zero-order chi connectivity index (χ0) is 31.6. The Bertz CT molecular complexity index is 1350. The van der Waals surface area contributed by atoms with Crippen molar-refractivity contribution in [2.75, 3.05) is 0 Å². The largest absolute Gasteiger partial charge is 0.458 e. The first-order valence-electron chi connectivity index (χ1n) is 16.0. The van der Waals surface area contributed by atoms with Gasteiger partial charge in [-0.25, -0.2) is 9.00 Å². The molecule has 4 rings (SSSR count). The van der Waals surface area contributed by atoms with E-state index in [1.807, 2.05) is 60.7 Å². The monoisotopic (exact) mass is 620 g/mol. The van der Waals surface area contributed by atoms with Gasteiger partial charge in [0, 0.05) is 10.8 Å². The van der Waals surface area contributed by atoms with E-state index in [4.69, 9.17) is 9.16 Å². The van der Waals surface area contributed by atoms with Crippen LogP contribution in [0.25, 0.3) is 0 Å². The van der Waals surface area contributed by atoms with E-state index in [1.165, 1.54) is 0 Å². The van der Waals surface area contributed by atoms with E-state index in [-0.39, 0.29) is 28.4 Å². The highest BCUT2D eigenvalue weighted by Gasteiger charge is 2.53. The Morgan fingerprint density at radius 3 is 2.21 bits per heavy atom. The van der Waals surface area contributed by atoms with Gasteiger partial charge in [0.25, 0.3) is 0 Å².